The molecule has 1 atom stereocenters. The lowest BCUT2D eigenvalue weighted by Gasteiger charge is -2.10. The zero-order chi connectivity index (χ0) is 11.4. The number of halogens is 1. The van der Waals surface area contributed by atoms with E-state index in [1.165, 1.54) is 11.7 Å². The van der Waals surface area contributed by atoms with Crippen molar-refractivity contribution in [3.63, 3.8) is 0 Å². The predicted molar refractivity (Wildman–Crippen MR) is 57.0 cm³/mol. The molecular formula is C8H10BFN2O2S. The summed E-state index contributed by atoms with van der Waals surface area (Å²) in [6, 6.07) is -0.469. The molecular weight excluding hydrogens is 218 g/mol. The predicted octanol–water partition coefficient (Wildman–Crippen LogP) is 0.576. The van der Waals surface area contributed by atoms with Crippen LogP contribution in [0.2, 0.25) is 0 Å². The van der Waals surface area contributed by atoms with E-state index in [2.05, 4.69) is 17.2 Å². The highest BCUT2D eigenvalue weighted by Crippen LogP contribution is 1.97. The maximum atomic E-state index is 13.0. The Kier molecular flexibility index (Phi) is 4.22. The van der Waals surface area contributed by atoms with Gasteiger partial charge in [-0.1, -0.05) is 12.2 Å². The van der Waals surface area contributed by atoms with Gasteiger partial charge in [0.25, 0.3) is 0 Å². The zero-order valence-corrected chi connectivity index (χ0v) is 9.01. The molecule has 0 aliphatic carbocycles. The molecule has 0 unspecified atom stereocenters. The maximum Gasteiger partial charge on any atom is 0.326 e. The molecule has 1 rings (SSSR count). The molecule has 1 aromatic rings. The molecule has 2 radical (unpaired) electrons. The number of ether oxygens (including phenoxy) is 1. The second-order valence-electron chi connectivity index (χ2n) is 2.99. The zero-order valence-electron chi connectivity index (χ0n) is 8.20. The third-order valence-electron chi connectivity index (χ3n) is 1.92. The number of aromatic nitrogens is 2. The molecule has 0 aliphatic rings. The van der Waals surface area contributed by atoms with Crippen molar-refractivity contribution in [1.29, 1.82) is 0 Å². The molecule has 0 amide bonds. The monoisotopic (exact) mass is 228 g/mol. The first-order valence-electron chi connectivity index (χ1n) is 4.32. The Balaban J connectivity index is 2.82. The van der Waals surface area contributed by atoms with E-state index in [-0.39, 0.29) is 11.2 Å². The lowest BCUT2D eigenvalue weighted by molar-refractivity contribution is 0.154. The first kappa shape index (κ1) is 12.1. The number of hydrogen-bond donors (Lipinski definition) is 1. The molecule has 15 heavy (non-hydrogen) atoms. The third-order valence-corrected chi connectivity index (χ3v) is 2.22. The van der Waals surface area contributed by atoms with Gasteiger partial charge in [-0.3, -0.25) is 9.55 Å². The van der Waals surface area contributed by atoms with E-state index in [1.807, 2.05) is 0 Å². The Morgan fingerprint density at radius 1 is 1.80 bits per heavy atom. The summed E-state index contributed by atoms with van der Waals surface area (Å²) in [5, 5.41) is 0. The molecule has 1 N–H and O–H groups in total. The van der Waals surface area contributed by atoms with Gasteiger partial charge in [-0.2, -0.15) is 0 Å². The molecule has 0 spiro atoms. The SMILES string of the molecule is [B][C@H](CCn1cc(F)c(=S)[nH]c1=O)OC. The molecule has 4 nitrogen and oxygen atoms in total. The molecule has 0 aromatic carbocycles. The summed E-state index contributed by atoms with van der Waals surface area (Å²) < 4.78 is 18.8. The summed E-state index contributed by atoms with van der Waals surface area (Å²) in [4.78, 5) is 13.5. The van der Waals surface area contributed by atoms with Gasteiger partial charge >= 0.3 is 5.69 Å². The molecule has 80 valence electrons. The number of nitrogens with one attached hydrogen (secondary N) is 1. The van der Waals surface area contributed by atoms with Crippen LogP contribution in [0, 0.1) is 10.5 Å². The highest BCUT2D eigenvalue weighted by atomic mass is 32.1. The van der Waals surface area contributed by atoms with Gasteiger partial charge in [0, 0.05) is 25.9 Å². The summed E-state index contributed by atoms with van der Waals surface area (Å²) in [6.45, 7) is 0.275. The fourth-order valence-corrected chi connectivity index (χ4v) is 1.17. The van der Waals surface area contributed by atoms with E-state index in [9.17, 15) is 9.18 Å². The summed E-state index contributed by atoms with van der Waals surface area (Å²) >= 11 is 4.57. The van der Waals surface area contributed by atoms with Gasteiger partial charge in [-0.15, -0.1) is 0 Å². The Labute approximate surface area is 92.5 Å². The second kappa shape index (κ2) is 5.23. The van der Waals surface area contributed by atoms with E-state index in [0.29, 0.717) is 6.42 Å². The van der Waals surface area contributed by atoms with Crippen molar-refractivity contribution in [2.24, 2.45) is 0 Å². The van der Waals surface area contributed by atoms with Crippen molar-refractivity contribution in [2.45, 2.75) is 19.0 Å². The van der Waals surface area contributed by atoms with Gasteiger partial charge < -0.3 is 4.74 Å². The minimum atomic E-state index is -0.629. The van der Waals surface area contributed by atoms with E-state index in [4.69, 9.17) is 12.6 Å². The summed E-state index contributed by atoms with van der Waals surface area (Å²) in [5.41, 5.74) is -0.454. The van der Waals surface area contributed by atoms with Gasteiger partial charge in [0.2, 0.25) is 0 Å². The largest absolute Gasteiger partial charge is 0.391 e. The van der Waals surface area contributed by atoms with Crippen LogP contribution in [-0.4, -0.2) is 30.5 Å². The van der Waals surface area contributed by atoms with Crippen LogP contribution in [0.5, 0.6) is 0 Å². The molecule has 1 aromatic heterocycles. The highest BCUT2D eigenvalue weighted by Gasteiger charge is 2.03. The van der Waals surface area contributed by atoms with Crippen LogP contribution in [0.1, 0.15) is 6.42 Å². The van der Waals surface area contributed by atoms with Crippen LogP contribution in [0.4, 0.5) is 4.39 Å². The summed E-state index contributed by atoms with van der Waals surface area (Å²) in [7, 11) is 6.94. The van der Waals surface area contributed by atoms with Gasteiger partial charge in [0.15, 0.2) is 5.82 Å². The van der Waals surface area contributed by atoms with Crippen molar-refractivity contribution >= 4 is 20.1 Å². The van der Waals surface area contributed by atoms with E-state index in [0.717, 1.165) is 6.20 Å². The van der Waals surface area contributed by atoms with Gasteiger partial charge in [0.05, 0.1) is 0 Å². The van der Waals surface area contributed by atoms with Crippen LogP contribution in [0.3, 0.4) is 0 Å². The van der Waals surface area contributed by atoms with Crippen molar-refractivity contribution in [1.82, 2.24) is 9.55 Å². The average molecular weight is 228 g/mol. The Morgan fingerprint density at radius 2 is 2.47 bits per heavy atom. The second-order valence-corrected chi connectivity index (χ2v) is 3.40. The fraction of sp³-hybridized carbons (Fsp3) is 0.500. The minimum Gasteiger partial charge on any atom is -0.391 e. The van der Waals surface area contributed by atoms with Gasteiger partial charge in [-0.25, -0.2) is 9.18 Å². The number of hydrogen-bond acceptors (Lipinski definition) is 3. The minimum absolute atomic E-state index is 0.188. The Morgan fingerprint density at radius 3 is 3.07 bits per heavy atom. The number of methoxy groups -OCH3 is 1. The van der Waals surface area contributed by atoms with Crippen LogP contribution in [-0.2, 0) is 11.3 Å². The van der Waals surface area contributed by atoms with Crippen molar-refractivity contribution < 1.29 is 9.13 Å². The number of rotatable bonds is 4. The van der Waals surface area contributed by atoms with Crippen molar-refractivity contribution in [3.8, 4) is 0 Å². The van der Waals surface area contributed by atoms with E-state index >= 15 is 0 Å². The summed E-state index contributed by atoms with van der Waals surface area (Å²) in [6.07, 6.45) is 1.48. The number of aryl methyl sites for hydroxylation is 1. The first-order chi connectivity index (χ1) is 7.04. The molecule has 0 bridgehead atoms. The van der Waals surface area contributed by atoms with E-state index in [1.54, 1.807) is 0 Å². The smallest absolute Gasteiger partial charge is 0.326 e. The van der Waals surface area contributed by atoms with Crippen LogP contribution < -0.4 is 5.69 Å². The quantitative estimate of drug-likeness (QED) is 0.605. The van der Waals surface area contributed by atoms with Crippen LogP contribution >= 0.6 is 12.2 Å². The average Bonchev–Trinajstić information content (AvgIpc) is 2.21. The van der Waals surface area contributed by atoms with Crippen molar-refractivity contribution in [3.05, 3.63) is 27.1 Å². The molecule has 0 saturated carbocycles. The molecule has 1 heterocycles. The first-order valence-corrected chi connectivity index (χ1v) is 4.73. The van der Waals surface area contributed by atoms with Crippen LogP contribution in [0.15, 0.2) is 11.0 Å². The number of H-pyrrole nitrogens is 1. The Bertz CT molecular complexity index is 445. The summed E-state index contributed by atoms with van der Waals surface area (Å²) in [5.74, 6) is -0.629. The highest BCUT2D eigenvalue weighted by molar-refractivity contribution is 7.71. The Hall–Kier alpha value is -0.945. The molecule has 7 heteroatoms. The van der Waals surface area contributed by atoms with E-state index < -0.39 is 17.5 Å². The third kappa shape index (κ3) is 3.28. The molecule has 0 aliphatic heterocycles. The van der Waals surface area contributed by atoms with Crippen LogP contribution in [0.25, 0.3) is 0 Å². The lowest BCUT2D eigenvalue weighted by atomic mass is 9.97. The number of nitrogens with zero attached hydrogens (tertiary/aromatic N) is 1. The van der Waals surface area contributed by atoms with Gasteiger partial charge in [0.1, 0.15) is 12.5 Å². The number of aromatic amines is 1. The molecule has 0 fully saturated rings. The van der Waals surface area contributed by atoms with Gasteiger partial charge in [-0.05, 0) is 6.42 Å². The maximum absolute atomic E-state index is 13.0. The standard InChI is InChI=1S/C8H10BFN2O2S/c1-14-6(9)2-3-12-4-5(10)7(15)11-8(12)13/h4,6H,2-3H2,1H3,(H,11,13,15)/t6-/m0/s1. The van der Waals surface area contributed by atoms with Crippen molar-refractivity contribution in [2.75, 3.05) is 7.11 Å². The fourth-order valence-electron chi connectivity index (χ4n) is 1.03. The molecule has 0 saturated heterocycles. The lowest BCUT2D eigenvalue weighted by Crippen LogP contribution is -2.25. The topological polar surface area (TPSA) is 47.0 Å². The normalized spacial score (nSPS) is 12.7.